The Morgan fingerprint density at radius 2 is 2.21 bits per heavy atom. The SMILES string of the molecule is Cc1cc2nc(C3CC3)cc(Cl)n2n1. The van der Waals surface area contributed by atoms with Crippen molar-refractivity contribution in [3.05, 3.63) is 28.7 Å². The zero-order chi connectivity index (χ0) is 9.71. The number of halogens is 1. The van der Waals surface area contributed by atoms with Gasteiger partial charge in [0.1, 0.15) is 5.15 Å². The molecule has 3 rings (SSSR count). The fraction of sp³-hybridized carbons (Fsp3) is 0.400. The maximum atomic E-state index is 6.11. The second-order valence-electron chi connectivity index (χ2n) is 3.83. The van der Waals surface area contributed by atoms with Crippen molar-refractivity contribution in [3.8, 4) is 0 Å². The van der Waals surface area contributed by atoms with Gasteiger partial charge in [0, 0.05) is 17.7 Å². The molecule has 0 spiro atoms. The summed E-state index contributed by atoms with van der Waals surface area (Å²) in [6.45, 7) is 1.95. The first kappa shape index (κ1) is 8.24. The second kappa shape index (κ2) is 2.70. The normalized spacial score (nSPS) is 16.4. The van der Waals surface area contributed by atoms with Gasteiger partial charge in [0.2, 0.25) is 0 Å². The van der Waals surface area contributed by atoms with Gasteiger partial charge in [-0.05, 0) is 25.8 Å². The number of aryl methyl sites for hydroxylation is 1. The van der Waals surface area contributed by atoms with E-state index in [0.29, 0.717) is 11.1 Å². The molecule has 4 heteroatoms. The molecule has 2 heterocycles. The van der Waals surface area contributed by atoms with Gasteiger partial charge in [-0.1, -0.05) is 11.6 Å². The van der Waals surface area contributed by atoms with E-state index in [4.69, 9.17) is 11.6 Å². The molecule has 0 N–H and O–H groups in total. The van der Waals surface area contributed by atoms with Crippen LogP contribution in [0.5, 0.6) is 0 Å². The van der Waals surface area contributed by atoms with Crippen LogP contribution < -0.4 is 0 Å². The number of fused-ring (bicyclic) bond motifs is 1. The van der Waals surface area contributed by atoms with Crippen LogP contribution in [0.4, 0.5) is 0 Å². The van der Waals surface area contributed by atoms with Gasteiger partial charge in [-0.25, -0.2) is 9.50 Å². The zero-order valence-electron chi connectivity index (χ0n) is 7.87. The third-order valence-corrected chi connectivity index (χ3v) is 2.79. The van der Waals surface area contributed by atoms with Crippen LogP contribution in [0.1, 0.15) is 30.1 Å². The summed E-state index contributed by atoms with van der Waals surface area (Å²) >= 11 is 6.11. The number of aromatic nitrogens is 3. The summed E-state index contributed by atoms with van der Waals surface area (Å²) in [5.74, 6) is 0.632. The molecular weight excluding hydrogens is 198 g/mol. The average Bonchev–Trinajstić information content (AvgIpc) is 2.89. The lowest BCUT2D eigenvalue weighted by molar-refractivity contribution is 0.894. The van der Waals surface area contributed by atoms with Gasteiger partial charge < -0.3 is 0 Å². The molecule has 0 aliphatic heterocycles. The topological polar surface area (TPSA) is 30.2 Å². The van der Waals surface area contributed by atoms with Crippen molar-refractivity contribution in [2.45, 2.75) is 25.7 Å². The monoisotopic (exact) mass is 207 g/mol. The largest absolute Gasteiger partial charge is 0.233 e. The Balaban J connectivity index is 2.26. The smallest absolute Gasteiger partial charge is 0.157 e. The van der Waals surface area contributed by atoms with Crippen LogP contribution in [0, 0.1) is 6.92 Å². The van der Waals surface area contributed by atoms with E-state index >= 15 is 0 Å². The van der Waals surface area contributed by atoms with E-state index in [2.05, 4.69) is 10.1 Å². The van der Waals surface area contributed by atoms with Crippen LogP contribution in [0.3, 0.4) is 0 Å². The van der Waals surface area contributed by atoms with Gasteiger partial charge >= 0.3 is 0 Å². The molecule has 14 heavy (non-hydrogen) atoms. The Kier molecular flexibility index (Phi) is 1.59. The molecule has 0 saturated heterocycles. The van der Waals surface area contributed by atoms with Crippen molar-refractivity contribution in [1.82, 2.24) is 14.6 Å². The van der Waals surface area contributed by atoms with Crippen LogP contribution in [-0.4, -0.2) is 14.6 Å². The summed E-state index contributed by atoms with van der Waals surface area (Å²) in [6, 6.07) is 3.89. The van der Waals surface area contributed by atoms with E-state index in [9.17, 15) is 0 Å². The highest BCUT2D eigenvalue weighted by atomic mass is 35.5. The molecule has 1 saturated carbocycles. The molecule has 1 fully saturated rings. The first-order valence-electron chi connectivity index (χ1n) is 4.77. The molecule has 0 radical (unpaired) electrons. The molecule has 2 aromatic heterocycles. The van der Waals surface area contributed by atoms with Crippen LogP contribution >= 0.6 is 11.6 Å². The van der Waals surface area contributed by atoms with Crippen molar-refractivity contribution in [3.63, 3.8) is 0 Å². The van der Waals surface area contributed by atoms with Gasteiger partial charge in [-0.3, -0.25) is 0 Å². The molecule has 1 aliphatic carbocycles. The molecule has 72 valence electrons. The summed E-state index contributed by atoms with van der Waals surface area (Å²) in [4.78, 5) is 4.53. The highest BCUT2D eigenvalue weighted by Gasteiger charge is 2.26. The number of nitrogens with zero attached hydrogens (tertiary/aromatic N) is 3. The molecular formula is C10H10ClN3. The first-order chi connectivity index (χ1) is 6.74. The summed E-state index contributed by atoms with van der Waals surface area (Å²) in [7, 11) is 0. The van der Waals surface area contributed by atoms with E-state index in [1.165, 1.54) is 12.8 Å². The van der Waals surface area contributed by atoms with Gasteiger partial charge in [0.05, 0.1) is 5.69 Å². The van der Waals surface area contributed by atoms with Crippen LogP contribution in [0.25, 0.3) is 5.65 Å². The average molecular weight is 208 g/mol. The molecule has 0 bridgehead atoms. The van der Waals surface area contributed by atoms with E-state index in [1.54, 1.807) is 4.52 Å². The van der Waals surface area contributed by atoms with E-state index < -0.39 is 0 Å². The lowest BCUT2D eigenvalue weighted by Gasteiger charge is -2.00. The molecule has 2 aromatic rings. The minimum absolute atomic E-state index is 0.632. The summed E-state index contributed by atoms with van der Waals surface area (Å²) in [6.07, 6.45) is 2.49. The molecule has 0 unspecified atom stereocenters. The standard InChI is InChI=1S/C10H10ClN3/c1-6-4-10-12-8(7-2-3-7)5-9(11)14(10)13-6/h4-5,7H,2-3H2,1H3. The van der Waals surface area contributed by atoms with Crippen molar-refractivity contribution < 1.29 is 0 Å². The fourth-order valence-electron chi connectivity index (χ4n) is 1.66. The highest BCUT2D eigenvalue weighted by Crippen LogP contribution is 2.39. The Morgan fingerprint density at radius 3 is 2.93 bits per heavy atom. The minimum Gasteiger partial charge on any atom is -0.233 e. The summed E-state index contributed by atoms with van der Waals surface area (Å²) in [5.41, 5.74) is 2.92. The third-order valence-electron chi connectivity index (χ3n) is 2.52. The van der Waals surface area contributed by atoms with Crippen molar-refractivity contribution in [1.29, 1.82) is 0 Å². The predicted molar refractivity (Wildman–Crippen MR) is 54.7 cm³/mol. The molecule has 1 aliphatic rings. The molecule has 0 atom stereocenters. The Hall–Kier alpha value is -1.09. The predicted octanol–water partition coefficient (Wildman–Crippen LogP) is 2.57. The number of rotatable bonds is 1. The van der Waals surface area contributed by atoms with Crippen LogP contribution in [0.15, 0.2) is 12.1 Å². The van der Waals surface area contributed by atoms with E-state index in [1.807, 2.05) is 19.1 Å². The van der Waals surface area contributed by atoms with Crippen LogP contribution in [-0.2, 0) is 0 Å². The summed E-state index contributed by atoms with van der Waals surface area (Å²) < 4.78 is 1.68. The minimum atomic E-state index is 0.632. The van der Waals surface area contributed by atoms with Gasteiger partial charge in [0.25, 0.3) is 0 Å². The van der Waals surface area contributed by atoms with Crippen molar-refractivity contribution in [2.24, 2.45) is 0 Å². The van der Waals surface area contributed by atoms with Crippen LogP contribution in [0.2, 0.25) is 5.15 Å². The van der Waals surface area contributed by atoms with Crippen molar-refractivity contribution >= 4 is 17.2 Å². The molecule has 0 aromatic carbocycles. The maximum absolute atomic E-state index is 6.11. The highest BCUT2D eigenvalue weighted by molar-refractivity contribution is 6.29. The molecule has 0 amide bonds. The third kappa shape index (κ3) is 1.20. The molecule has 3 nitrogen and oxygen atoms in total. The lowest BCUT2D eigenvalue weighted by Crippen LogP contribution is -1.95. The second-order valence-corrected chi connectivity index (χ2v) is 4.22. The van der Waals surface area contributed by atoms with Gasteiger partial charge in [-0.2, -0.15) is 5.10 Å². The van der Waals surface area contributed by atoms with E-state index in [-0.39, 0.29) is 0 Å². The maximum Gasteiger partial charge on any atom is 0.157 e. The Morgan fingerprint density at radius 1 is 1.43 bits per heavy atom. The quantitative estimate of drug-likeness (QED) is 0.673. The van der Waals surface area contributed by atoms with Crippen molar-refractivity contribution in [2.75, 3.05) is 0 Å². The zero-order valence-corrected chi connectivity index (χ0v) is 8.62. The number of hydrogen-bond acceptors (Lipinski definition) is 2. The fourth-order valence-corrected chi connectivity index (χ4v) is 1.89. The summed E-state index contributed by atoms with van der Waals surface area (Å²) in [5, 5.41) is 4.91. The number of hydrogen-bond donors (Lipinski definition) is 0. The van der Waals surface area contributed by atoms with Gasteiger partial charge in [0.15, 0.2) is 5.65 Å². The Labute approximate surface area is 86.7 Å². The lowest BCUT2D eigenvalue weighted by atomic mass is 10.3. The van der Waals surface area contributed by atoms with E-state index in [0.717, 1.165) is 17.0 Å². The van der Waals surface area contributed by atoms with Gasteiger partial charge in [-0.15, -0.1) is 0 Å². The Bertz CT molecular complexity index is 499. The first-order valence-corrected chi connectivity index (χ1v) is 5.14.